The third-order valence-electron chi connectivity index (χ3n) is 4.14. The molecule has 1 saturated heterocycles. The van der Waals surface area contributed by atoms with Gasteiger partial charge in [0.15, 0.2) is 0 Å². The molecule has 0 aromatic heterocycles. The van der Waals surface area contributed by atoms with Gasteiger partial charge in [-0.1, -0.05) is 30.5 Å². The minimum Gasteiger partial charge on any atom is -0.284 e. The fraction of sp³-hybridized carbons (Fsp3) is 0.588. The van der Waals surface area contributed by atoms with Crippen molar-refractivity contribution in [2.24, 2.45) is 0 Å². The summed E-state index contributed by atoms with van der Waals surface area (Å²) >= 11 is 0. The van der Waals surface area contributed by atoms with Crippen LogP contribution in [-0.4, -0.2) is 18.0 Å². The van der Waals surface area contributed by atoms with E-state index >= 15 is 0 Å². The van der Waals surface area contributed by atoms with Crippen LogP contribution in [0, 0.1) is 32.1 Å². The molecule has 19 heavy (non-hydrogen) atoms. The van der Waals surface area contributed by atoms with Crippen LogP contribution in [0.3, 0.4) is 0 Å². The molecule has 0 radical (unpaired) electrons. The summed E-state index contributed by atoms with van der Waals surface area (Å²) in [4.78, 5) is 2.37. The SMILES string of the molecule is Cc1cc(C)c(C(C#N)N2CCCCCC2)c(C)c1. The van der Waals surface area contributed by atoms with Crippen LogP contribution in [0.15, 0.2) is 12.1 Å². The third-order valence-corrected chi connectivity index (χ3v) is 4.14. The Labute approximate surface area is 117 Å². The Balaban J connectivity index is 2.34. The van der Waals surface area contributed by atoms with E-state index in [1.54, 1.807) is 0 Å². The van der Waals surface area contributed by atoms with Crippen molar-refractivity contribution in [3.63, 3.8) is 0 Å². The van der Waals surface area contributed by atoms with Crippen LogP contribution in [0.25, 0.3) is 0 Å². The zero-order valence-electron chi connectivity index (χ0n) is 12.4. The van der Waals surface area contributed by atoms with Crippen LogP contribution < -0.4 is 0 Å². The summed E-state index contributed by atoms with van der Waals surface area (Å²) in [5.74, 6) is 0. The molecule has 0 saturated carbocycles. The maximum absolute atomic E-state index is 9.65. The normalized spacial score (nSPS) is 18.6. The van der Waals surface area contributed by atoms with Gasteiger partial charge in [0.25, 0.3) is 0 Å². The number of likely N-dealkylation sites (tertiary alicyclic amines) is 1. The van der Waals surface area contributed by atoms with Gasteiger partial charge in [0.1, 0.15) is 6.04 Å². The third kappa shape index (κ3) is 3.16. The first kappa shape index (κ1) is 14.1. The lowest BCUT2D eigenvalue weighted by atomic mass is 9.93. The topological polar surface area (TPSA) is 27.0 Å². The Kier molecular flexibility index (Phi) is 4.61. The molecule has 1 aliphatic heterocycles. The summed E-state index contributed by atoms with van der Waals surface area (Å²) in [7, 11) is 0. The van der Waals surface area contributed by atoms with Gasteiger partial charge in [-0.3, -0.25) is 4.90 Å². The molecule has 1 aromatic carbocycles. The molecule has 2 rings (SSSR count). The average molecular weight is 256 g/mol. The first-order valence-electron chi connectivity index (χ1n) is 7.35. The second kappa shape index (κ2) is 6.21. The molecular formula is C17H24N2. The zero-order chi connectivity index (χ0) is 13.8. The maximum Gasteiger partial charge on any atom is 0.124 e. The molecule has 1 heterocycles. The van der Waals surface area contributed by atoms with E-state index in [9.17, 15) is 5.26 Å². The van der Waals surface area contributed by atoms with Gasteiger partial charge < -0.3 is 0 Å². The molecule has 0 N–H and O–H groups in total. The molecule has 0 spiro atoms. The molecule has 1 fully saturated rings. The van der Waals surface area contributed by atoms with Crippen molar-refractivity contribution in [1.29, 1.82) is 5.26 Å². The largest absolute Gasteiger partial charge is 0.284 e. The van der Waals surface area contributed by atoms with Crippen LogP contribution in [-0.2, 0) is 0 Å². The molecular weight excluding hydrogens is 232 g/mol. The molecule has 0 bridgehead atoms. The number of nitrogens with zero attached hydrogens (tertiary/aromatic N) is 2. The lowest BCUT2D eigenvalue weighted by Crippen LogP contribution is -2.30. The predicted molar refractivity (Wildman–Crippen MR) is 79.0 cm³/mol. The quantitative estimate of drug-likeness (QED) is 0.798. The second-order valence-corrected chi connectivity index (χ2v) is 5.79. The van der Waals surface area contributed by atoms with Crippen LogP contribution in [0.4, 0.5) is 0 Å². The Morgan fingerprint density at radius 3 is 2.00 bits per heavy atom. The van der Waals surface area contributed by atoms with E-state index in [2.05, 4.69) is 43.9 Å². The number of nitriles is 1. The minimum atomic E-state index is -0.0706. The molecule has 0 amide bonds. The van der Waals surface area contributed by atoms with E-state index < -0.39 is 0 Å². The van der Waals surface area contributed by atoms with Crippen molar-refractivity contribution in [1.82, 2.24) is 4.90 Å². The Hall–Kier alpha value is -1.33. The summed E-state index contributed by atoms with van der Waals surface area (Å²) in [5.41, 5.74) is 5.03. The monoisotopic (exact) mass is 256 g/mol. The molecule has 102 valence electrons. The summed E-state index contributed by atoms with van der Waals surface area (Å²) in [5, 5.41) is 9.65. The van der Waals surface area contributed by atoms with Crippen molar-refractivity contribution in [3.8, 4) is 6.07 Å². The minimum absolute atomic E-state index is 0.0706. The van der Waals surface area contributed by atoms with Crippen molar-refractivity contribution < 1.29 is 0 Å². The van der Waals surface area contributed by atoms with Crippen molar-refractivity contribution in [3.05, 3.63) is 34.4 Å². The van der Waals surface area contributed by atoms with Gasteiger partial charge in [-0.05, 0) is 63.4 Å². The van der Waals surface area contributed by atoms with Gasteiger partial charge in [0.2, 0.25) is 0 Å². The van der Waals surface area contributed by atoms with Crippen LogP contribution in [0.2, 0.25) is 0 Å². The van der Waals surface area contributed by atoms with Gasteiger partial charge in [0, 0.05) is 0 Å². The second-order valence-electron chi connectivity index (χ2n) is 5.79. The molecule has 1 unspecified atom stereocenters. The van der Waals surface area contributed by atoms with Crippen LogP contribution >= 0.6 is 0 Å². The predicted octanol–water partition coefficient (Wildman–Crippen LogP) is 4.05. The first-order valence-corrected chi connectivity index (χ1v) is 7.35. The van der Waals surface area contributed by atoms with Crippen molar-refractivity contribution >= 4 is 0 Å². The number of hydrogen-bond donors (Lipinski definition) is 0. The van der Waals surface area contributed by atoms with E-state index in [0.717, 1.165) is 13.1 Å². The molecule has 2 nitrogen and oxygen atoms in total. The van der Waals surface area contributed by atoms with E-state index in [-0.39, 0.29) is 6.04 Å². The van der Waals surface area contributed by atoms with Crippen LogP contribution in [0.1, 0.15) is 54.0 Å². The maximum atomic E-state index is 9.65. The summed E-state index contributed by atoms with van der Waals surface area (Å²) in [6, 6.07) is 6.87. The molecule has 1 aromatic rings. The molecule has 1 aliphatic rings. The Bertz CT molecular complexity index is 454. The van der Waals surface area contributed by atoms with E-state index in [1.807, 2.05) is 0 Å². The van der Waals surface area contributed by atoms with Gasteiger partial charge in [-0.2, -0.15) is 5.26 Å². The summed E-state index contributed by atoms with van der Waals surface area (Å²) in [6.07, 6.45) is 5.06. The number of rotatable bonds is 2. The zero-order valence-corrected chi connectivity index (χ0v) is 12.4. The summed E-state index contributed by atoms with van der Waals surface area (Å²) in [6.45, 7) is 8.52. The first-order chi connectivity index (χ1) is 9.13. The number of hydrogen-bond acceptors (Lipinski definition) is 2. The number of aryl methyl sites for hydroxylation is 3. The summed E-state index contributed by atoms with van der Waals surface area (Å²) < 4.78 is 0. The van der Waals surface area contributed by atoms with Crippen molar-refractivity contribution in [2.75, 3.05) is 13.1 Å². The fourth-order valence-electron chi connectivity index (χ4n) is 3.30. The van der Waals surface area contributed by atoms with Crippen molar-refractivity contribution in [2.45, 2.75) is 52.5 Å². The fourth-order valence-corrected chi connectivity index (χ4v) is 3.30. The smallest absolute Gasteiger partial charge is 0.124 e. The molecule has 1 atom stereocenters. The highest BCUT2D eigenvalue weighted by Gasteiger charge is 2.24. The highest BCUT2D eigenvalue weighted by Crippen LogP contribution is 2.29. The standard InChI is InChI=1S/C17H24N2/c1-13-10-14(2)17(15(3)11-13)16(12-18)19-8-6-4-5-7-9-19/h10-11,16H,4-9H2,1-3H3. The molecule has 2 heteroatoms. The van der Waals surface area contributed by atoms with Gasteiger partial charge in [-0.25, -0.2) is 0 Å². The highest BCUT2D eigenvalue weighted by molar-refractivity contribution is 5.42. The lowest BCUT2D eigenvalue weighted by molar-refractivity contribution is 0.244. The average Bonchev–Trinajstić information content (AvgIpc) is 2.62. The Morgan fingerprint density at radius 2 is 1.53 bits per heavy atom. The van der Waals surface area contributed by atoms with Gasteiger partial charge >= 0.3 is 0 Å². The van der Waals surface area contributed by atoms with E-state index in [0.29, 0.717) is 0 Å². The van der Waals surface area contributed by atoms with E-state index in [4.69, 9.17) is 0 Å². The van der Waals surface area contributed by atoms with Gasteiger partial charge in [0.05, 0.1) is 6.07 Å². The van der Waals surface area contributed by atoms with Crippen LogP contribution in [0.5, 0.6) is 0 Å². The lowest BCUT2D eigenvalue weighted by Gasteiger charge is -2.28. The van der Waals surface area contributed by atoms with Gasteiger partial charge in [-0.15, -0.1) is 0 Å². The highest BCUT2D eigenvalue weighted by atomic mass is 15.2. The Morgan fingerprint density at radius 1 is 1.00 bits per heavy atom. The molecule has 0 aliphatic carbocycles. The van der Waals surface area contributed by atoms with E-state index in [1.165, 1.54) is 47.9 Å². The number of benzene rings is 1.